The SMILES string of the molecule is CCNC(=NCc1cccnc1N1CCN(C)CC1)N(C)Cc1ccc(Cl)cc1. The van der Waals surface area contributed by atoms with Crippen molar-refractivity contribution < 1.29 is 0 Å². The van der Waals surface area contributed by atoms with Gasteiger partial charge in [0, 0.05) is 63.1 Å². The predicted octanol–water partition coefficient (Wildman–Crippen LogP) is 3.08. The van der Waals surface area contributed by atoms with E-state index < -0.39 is 0 Å². The average Bonchev–Trinajstić information content (AvgIpc) is 2.73. The second kappa shape index (κ2) is 10.5. The Bertz CT molecular complexity index is 799. The first-order valence-electron chi connectivity index (χ1n) is 10.2. The Morgan fingerprint density at radius 2 is 1.90 bits per heavy atom. The highest BCUT2D eigenvalue weighted by Gasteiger charge is 2.18. The fourth-order valence-electron chi connectivity index (χ4n) is 3.42. The fourth-order valence-corrected chi connectivity index (χ4v) is 3.55. The second-order valence-corrected chi connectivity index (χ2v) is 7.87. The summed E-state index contributed by atoms with van der Waals surface area (Å²) in [5.41, 5.74) is 2.36. The molecule has 2 heterocycles. The van der Waals surface area contributed by atoms with E-state index in [9.17, 15) is 0 Å². The van der Waals surface area contributed by atoms with Gasteiger partial charge in [-0.25, -0.2) is 9.98 Å². The molecule has 0 radical (unpaired) electrons. The first-order valence-corrected chi connectivity index (χ1v) is 10.6. The number of nitrogens with one attached hydrogen (secondary N) is 1. The molecule has 7 heteroatoms. The van der Waals surface area contributed by atoms with E-state index in [0.29, 0.717) is 6.54 Å². The van der Waals surface area contributed by atoms with Crippen molar-refractivity contribution in [3.05, 3.63) is 58.7 Å². The molecule has 0 bridgehead atoms. The summed E-state index contributed by atoms with van der Waals surface area (Å²) < 4.78 is 0. The first kappa shape index (κ1) is 21.4. The Morgan fingerprint density at radius 1 is 1.17 bits per heavy atom. The van der Waals surface area contributed by atoms with Crippen molar-refractivity contribution in [3.8, 4) is 0 Å². The second-order valence-electron chi connectivity index (χ2n) is 7.43. The summed E-state index contributed by atoms with van der Waals surface area (Å²) in [4.78, 5) is 16.4. The van der Waals surface area contributed by atoms with E-state index in [4.69, 9.17) is 16.6 Å². The summed E-state index contributed by atoms with van der Waals surface area (Å²) in [7, 11) is 4.22. The quantitative estimate of drug-likeness (QED) is 0.581. The number of aliphatic imine (C=N–C) groups is 1. The number of hydrogen-bond donors (Lipinski definition) is 1. The van der Waals surface area contributed by atoms with Crippen molar-refractivity contribution in [2.45, 2.75) is 20.0 Å². The minimum atomic E-state index is 0.600. The molecule has 3 rings (SSSR count). The lowest BCUT2D eigenvalue weighted by molar-refractivity contribution is 0.312. The van der Waals surface area contributed by atoms with Crippen LogP contribution in [0.5, 0.6) is 0 Å². The van der Waals surface area contributed by atoms with Crippen LogP contribution in [0.4, 0.5) is 5.82 Å². The highest BCUT2D eigenvalue weighted by molar-refractivity contribution is 6.30. The largest absolute Gasteiger partial charge is 0.357 e. The molecule has 1 aromatic heterocycles. The number of likely N-dealkylation sites (N-methyl/N-ethyl adjacent to an activating group) is 1. The zero-order valence-corrected chi connectivity index (χ0v) is 18.4. The van der Waals surface area contributed by atoms with Gasteiger partial charge in [0.05, 0.1) is 6.54 Å². The summed E-state index contributed by atoms with van der Waals surface area (Å²) in [5, 5.41) is 4.15. The molecular formula is C22H31ClN6. The number of hydrogen-bond acceptors (Lipinski definition) is 4. The minimum absolute atomic E-state index is 0.600. The summed E-state index contributed by atoms with van der Waals surface area (Å²) in [6, 6.07) is 12.1. The maximum Gasteiger partial charge on any atom is 0.194 e. The van der Waals surface area contributed by atoms with Gasteiger partial charge in [-0.3, -0.25) is 0 Å². The Balaban J connectivity index is 1.72. The van der Waals surface area contributed by atoms with Crippen molar-refractivity contribution in [3.63, 3.8) is 0 Å². The highest BCUT2D eigenvalue weighted by atomic mass is 35.5. The smallest absolute Gasteiger partial charge is 0.194 e. The lowest BCUT2D eigenvalue weighted by atomic mass is 10.2. The van der Waals surface area contributed by atoms with Gasteiger partial charge >= 0.3 is 0 Å². The van der Waals surface area contributed by atoms with Crippen LogP contribution in [0.25, 0.3) is 0 Å². The molecule has 0 saturated carbocycles. The van der Waals surface area contributed by atoms with Crippen LogP contribution < -0.4 is 10.2 Å². The highest BCUT2D eigenvalue weighted by Crippen LogP contribution is 2.20. The standard InChI is InChI=1S/C22H31ClN6/c1-4-24-22(28(3)17-18-7-9-20(23)10-8-18)26-16-19-6-5-11-25-21(19)29-14-12-27(2)13-15-29/h5-11H,4,12-17H2,1-3H3,(H,24,26). The van der Waals surface area contributed by atoms with Gasteiger partial charge in [0.2, 0.25) is 0 Å². The van der Waals surface area contributed by atoms with Crippen LogP contribution in [-0.2, 0) is 13.1 Å². The van der Waals surface area contributed by atoms with Gasteiger partial charge in [0.25, 0.3) is 0 Å². The number of anilines is 1. The first-order chi connectivity index (χ1) is 14.1. The number of halogens is 1. The molecule has 0 aliphatic carbocycles. The summed E-state index contributed by atoms with van der Waals surface area (Å²) >= 11 is 6.00. The zero-order chi connectivity index (χ0) is 20.6. The van der Waals surface area contributed by atoms with Crippen molar-refractivity contribution in [1.82, 2.24) is 20.1 Å². The Morgan fingerprint density at radius 3 is 2.59 bits per heavy atom. The molecule has 6 nitrogen and oxygen atoms in total. The zero-order valence-electron chi connectivity index (χ0n) is 17.6. The van der Waals surface area contributed by atoms with Gasteiger partial charge in [-0.15, -0.1) is 0 Å². The number of piperazine rings is 1. The van der Waals surface area contributed by atoms with Crippen LogP contribution in [0.1, 0.15) is 18.1 Å². The van der Waals surface area contributed by atoms with Gasteiger partial charge < -0.3 is 20.0 Å². The van der Waals surface area contributed by atoms with E-state index in [1.54, 1.807) is 0 Å². The maximum absolute atomic E-state index is 6.00. The fraction of sp³-hybridized carbons (Fsp3) is 0.455. The molecule has 1 aliphatic heterocycles. The Kier molecular flexibility index (Phi) is 7.72. The van der Waals surface area contributed by atoms with Gasteiger partial charge in [-0.05, 0) is 37.7 Å². The van der Waals surface area contributed by atoms with Crippen molar-refractivity contribution >= 4 is 23.4 Å². The average molecular weight is 415 g/mol. The van der Waals surface area contributed by atoms with E-state index in [1.165, 1.54) is 5.56 Å². The molecule has 1 N–H and O–H groups in total. The Hall–Kier alpha value is -2.31. The molecule has 1 fully saturated rings. The van der Waals surface area contributed by atoms with Crippen LogP contribution in [0.3, 0.4) is 0 Å². The molecule has 29 heavy (non-hydrogen) atoms. The monoisotopic (exact) mass is 414 g/mol. The van der Waals surface area contributed by atoms with Gasteiger partial charge in [-0.2, -0.15) is 0 Å². The summed E-state index contributed by atoms with van der Waals surface area (Å²) in [6.07, 6.45) is 1.87. The third-order valence-corrected chi connectivity index (χ3v) is 5.35. The van der Waals surface area contributed by atoms with Crippen molar-refractivity contribution in [1.29, 1.82) is 0 Å². The number of aromatic nitrogens is 1. The predicted molar refractivity (Wildman–Crippen MR) is 122 cm³/mol. The van der Waals surface area contributed by atoms with Crippen molar-refractivity contribution in [2.24, 2.45) is 4.99 Å². The van der Waals surface area contributed by atoms with E-state index in [2.05, 4.69) is 64.2 Å². The molecule has 1 aromatic carbocycles. The van der Waals surface area contributed by atoms with Crippen LogP contribution >= 0.6 is 11.6 Å². The number of rotatable bonds is 6. The third kappa shape index (κ3) is 6.08. The lowest BCUT2D eigenvalue weighted by Crippen LogP contribution is -2.45. The van der Waals surface area contributed by atoms with Gasteiger partial charge in [0.15, 0.2) is 5.96 Å². The molecule has 1 aliphatic rings. The molecular weight excluding hydrogens is 384 g/mol. The van der Waals surface area contributed by atoms with Gasteiger partial charge in [-0.1, -0.05) is 29.8 Å². The lowest BCUT2D eigenvalue weighted by Gasteiger charge is -2.34. The normalized spacial score (nSPS) is 15.4. The van der Waals surface area contributed by atoms with E-state index in [-0.39, 0.29) is 0 Å². The third-order valence-electron chi connectivity index (χ3n) is 5.10. The van der Waals surface area contributed by atoms with Gasteiger partial charge in [0.1, 0.15) is 5.82 Å². The minimum Gasteiger partial charge on any atom is -0.357 e. The topological polar surface area (TPSA) is 47.0 Å². The number of guanidine groups is 1. The number of benzene rings is 1. The van der Waals surface area contributed by atoms with E-state index in [1.807, 2.05) is 24.4 Å². The van der Waals surface area contributed by atoms with E-state index in [0.717, 1.165) is 61.6 Å². The molecule has 0 amide bonds. The Labute approximate surface area is 179 Å². The molecule has 156 valence electrons. The van der Waals surface area contributed by atoms with Crippen LogP contribution in [0.2, 0.25) is 5.02 Å². The van der Waals surface area contributed by atoms with Crippen LogP contribution in [0.15, 0.2) is 47.6 Å². The molecule has 0 spiro atoms. The molecule has 2 aromatic rings. The summed E-state index contributed by atoms with van der Waals surface area (Å²) in [5.74, 6) is 1.94. The van der Waals surface area contributed by atoms with Crippen molar-refractivity contribution in [2.75, 3.05) is 51.7 Å². The van der Waals surface area contributed by atoms with Crippen LogP contribution in [-0.4, -0.2) is 67.6 Å². The molecule has 0 unspecified atom stereocenters. The van der Waals surface area contributed by atoms with E-state index >= 15 is 0 Å². The molecule has 0 atom stereocenters. The van der Waals surface area contributed by atoms with Crippen LogP contribution in [0, 0.1) is 0 Å². The molecule has 1 saturated heterocycles. The number of pyridine rings is 1. The number of nitrogens with zero attached hydrogens (tertiary/aromatic N) is 5. The summed E-state index contributed by atoms with van der Waals surface area (Å²) in [6.45, 7) is 8.40. The maximum atomic E-state index is 6.00.